The fourth-order valence-corrected chi connectivity index (χ4v) is 3.08. The lowest BCUT2D eigenvalue weighted by Gasteiger charge is -2.11. The van der Waals surface area contributed by atoms with Crippen molar-refractivity contribution >= 4 is 16.0 Å². The van der Waals surface area contributed by atoms with Gasteiger partial charge in [-0.15, -0.1) is 0 Å². The molecule has 0 saturated heterocycles. The van der Waals surface area contributed by atoms with Crippen molar-refractivity contribution in [3.63, 3.8) is 0 Å². The van der Waals surface area contributed by atoms with Crippen LogP contribution in [0.2, 0.25) is 0 Å². The van der Waals surface area contributed by atoms with Gasteiger partial charge in [-0.1, -0.05) is 0 Å². The fraction of sp³-hybridized carbons (Fsp3) is 0.250. The summed E-state index contributed by atoms with van der Waals surface area (Å²) in [6.07, 6.45) is 1.26. The number of aryl methyl sites for hydroxylation is 3. The topological polar surface area (TPSA) is 93.3 Å². The van der Waals surface area contributed by atoms with Gasteiger partial charge in [-0.2, -0.15) is 8.42 Å². The van der Waals surface area contributed by atoms with Crippen molar-refractivity contribution in [1.82, 2.24) is 9.24 Å². The second kappa shape index (κ2) is 4.71. The molecule has 0 unspecified atom stereocenters. The molecule has 7 nitrogen and oxygen atoms in total. The molecule has 2 heterocycles. The van der Waals surface area contributed by atoms with E-state index >= 15 is 0 Å². The molecule has 0 atom stereocenters. The van der Waals surface area contributed by atoms with Gasteiger partial charge in [0.15, 0.2) is 0 Å². The van der Waals surface area contributed by atoms with Gasteiger partial charge in [-0.25, -0.2) is 9.63 Å². The Bertz CT molecular complexity index is 751. The molecule has 8 heteroatoms. The number of sulfonamides is 1. The zero-order valence-electron chi connectivity index (χ0n) is 11.3. The molecule has 0 aliphatic rings. The second-order valence-corrected chi connectivity index (χ2v) is 6.18. The maximum absolute atomic E-state index is 12.3. The van der Waals surface area contributed by atoms with Crippen LogP contribution in [-0.4, -0.2) is 28.7 Å². The number of nitrogens with zero attached hydrogens (tertiary/aromatic N) is 2. The zero-order chi connectivity index (χ0) is 15.1. The molecule has 0 radical (unpaired) electrons. The molecule has 0 aliphatic carbocycles. The maximum atomic E-state index is 12.3. The quantitative estimate of drug-likeness (QED) is 0.883. The third-order valence-electron chi connectivity index (χ3n) is 2.99. The van der Waals surface area contributed by atoms with E-state index in [2.05, 4.69) is 4.83 Å². The summed E-state index contributed by atoms with van der Waals surface area (Å²) in [4.78, 5) is 13.3. The van der Waals surface area contributed by atoms with Gasteiger partial charge in [0.05, 0.1) is 0 Å². The molecule has 20 heavy (non-hydrogen) atoms. The summed E-state index contributed by atoms with van der Waals surface area (Å²) >= 11 is 0. The van der Waals surface area contributed by atoms with Crippen LogP contribution in [0.4, 0.5) is 0 Å². The van der Waals surface area contributed by atoms with E-state index in [1.54, 1.807) is 26.0 Å². The van der Waals surface area contributed by atoms with Crippen LogP contribution in [0.3, 0.4) is 0 Å². The van der Waals surface area contributed by atoms with Gasteiger partial charge < -0.3 is 9.67 Å². The Morgan fingerprint density at radius 3 is 2.25 bits per heavy atom. The van der Waals surface area contributed by atoms with Crippen LogP contribution < -0.4 is 4.83 Å². The number of aromatic nitrogens is 2. The van der Waals surface area contributed by atoms with Crippen molar-refractivity contribution in [2.75, 3.05) is 4.83 Å². The highest BCUT2D eigenvalue weighted by Gasteiger charge is 2.21. The Kier molecular flexibility index (Phi) is 3.34. The number of hydrogen-bond acceptors (Lipinski definition) is 3. The van der Waals surface area contributed by atoms with Crippen LogP contribution in [0.5, 0.6) is 0 Å². The highest BCUT2D eigenvalue weighted by Crippen LogP contribution is 2.15. The van der Waals surface area contributed by atoms with Gasteiger partial charge in [-0.3, -0.25) is 4.68 Å². The van der Waals surface area contributed by atoms with Gasteiger partial charge in [-0.05, 0) is 32.0 Å². The smallest absolute Gasteiger partial charge is 0.352 e. The van der Waals surface area contributed by atoms with Crippen LogP contribution >= 0.6 is 0 Å². The van der Waals surface area contributed by atoms with Crippen molar-refractivity contribution in [2.24, 2.45) is 7.05 Å². The first-order valence-corrected chi connectivity index (χ1v) is 7.28. The molecule has 0 aliphatic heterocycles. The van der Waals surface area contributed by atoms with Crippen LogP contribution in [0.15, 0.2) is 29.3 Å². The predicted octanol–water partition coefficient (Wildman–Crippen LogP) is 1.07. The Balaban J connectivity index is 2.41. The van der Waals surface area contributed by atoms with Crippen molar-refractivity contribution in [3.8, 4) is 0 Å². The van der Waals surface area contributed by atoms with E-state index in [-0.39, 0.29) is 10.6 Å². The normalized spacial score (nSPS) is 11.6. The number of carboxylic acids is 1. The first kappa shape index (κ1) is 14.2. The molecule has 0 amide bonds. The lowest BCUT2D eigenvalue weighted by molar-refractivity contribution is 0.0686. The van der Waals surface area contributed by atoms with E-state index in [1.165, 1.54) is 22.5 Å². The minimum atomic E-state index is -3.83. The second-order valence-electron chi connectivity index (χ2n) is 4.52. The van der Waals surface area contributed by atoms with Gasteiger partial charge in [0.1, 0.15) is 10.6 Å². The molecule has 0 spiro atoms. The number of carbonyl (C=O) groups is 1. The summed E-state index contributed by atoms with van der Waals surface area (Å²) in [7, 11) is -2.35. The summed E-state index contributed by atoms with van der Waals surface area (Å²) in [5.74, 6) is -1.18. The van der Waals surface area contributed by atoms with Crippen LogP contribution in [0, 0.1) is 13.8 Å². The molecule has 0 aromatic carbocycles. The van der Waals surface area contributed by atoms with Gasteiger partial charge >= 0.3 is 5.97 Å². The Labute approximate surface area is 116 Å². The van der Waals surface area contributed by atoms with Gasteiger partial charge in [0, 0.05) is 24.6 Å². The summed E-state index contributed by atoms with van der Waals surface area (Å²) in [5.41, 5.74) is 1.38. The Hall–Kier alpha value is -2.22. The highest BCUT2D eigenvalue weighted by atomic mass is 32.2. The number of rotatable bonds is 4. The molecule has 0 saturated carbocycles. The highest BCUT2D eigenvalue weighted by molar-refractivity contribution is 7.92. The SMILES string of the molecule is Cc1ccc(C)n1NS(=O)(=O)c1cc(C(=O)O)n(C)c1. The molecule has 0 bridgehead atoms. The average Bonchev–Trinajstić information content (AvgIpc) is 2.87. The first-order chi connectivity index (χ1) is 9.22. The zero-order valence-corrected chi connectivity index (χ0v) is 12.1. The third kappa shape index (κ3) is 2.42. The molecule has 2 rings (SSSR count). The van der Waals surface area contributed by atoms with Crippen LogP contribution in [0.1, 0.15) is 21.9 Å². The Morgan fingerprint density at radius 2 is 1.80 bits per heavy atom. The van der Waals surface area contributed by atoms with E-state index in [9.17, 15) is 13.2 Å². The lowest BCUT2D eigenvalue weighted by atomic mass is 10.4. The number of aromatic carboxylic acids is 1. The number of carboxylic acid groups (broad SMARTS) is 1. The lowest BCUT2D eigenvalue weighted by Crippen LogP contribution is -2.24. The molecular weight excluding hydrogens is 282 g/mol. The van der Waals surface area contributed by atoms with Crippen molar-refractivity contribution < 1.29 is 18.3 Å². The van der Waals surface area contributed by atoms with E-state index < -0.39 is 16.0 Å². The standard InChI is InChI=1S/C12H15N3O4S/c1-8-4-5-9(2)15(8)13-20(18,19)10-6-11(12(16)17)14(3)7-10/h4-7,13H,1-3H3,(H,16,17). The van der Waals surface area contributed by atoms with E-state index in [1.807, 2.05) is 0 Å². The summed E-state index contributed by atoms with van der Waals surface area (Å²) < 4.78 is 27.2. The maximum Gasteiger partial charge on any atom is 0.352 e. The average molecular weight is 297 g/mol. The fourth-order valence-electron chi connectivity index (χ4n) is 1.88. The molecular formula is C12H15N3O4S. The van der Waals surface area contributed by atoms with Crippen molar-refractivity contribution in [2.45, 2.75) is 18.7 Å². The van der Waals surface area contributed by atoms with Crippen molar-refractivity contribution in [1.29, 1.82) is 0 Å². The minimum Gasteiger partial charge on any atom is -0.477 e. The van der Waals surface area contributed by atoms with Gasteiger partial charge in [0.2, 0.25) is 0 Å². The van der Waals surface area contributed by atoms with E-state index in [0.717, 1.165) is 17.5 Å². The largest absolute Gasteiger partial charge is 0.477 e. The predicted molar refractivity (Wildman–Crippen MR) is 72.8 cm³/mol. The first-order valence-electron chi connectivity index (χ1n) is 5.80. The molecule has 108 valence electrons. The molecule has 2 N–H and O–H groups in total. The molecule has 2 aromatic rings. The Morgan fingerprint density at radius 1 is 1.25 bits per heavy atom. The minimum absolute atomic E-state index is 0.0914. The number of hydrogen-bond donors (Lipinski definition) is 2. The summed E-state index contributed by atoms with van der Waals surface area (Å²) in [5, 5.41) is 8.95. The third-order valence-corrected chi connectivity index (χ3v) is 4.26. The van der Waals surface area contributed by atoms with Crippen molar-refractivity contribution in [3.05, 3.63) is 41.5 Å². The number of nitrogens with one attached hydrogen (secondary N) is 1. The van der Waals surface area contributed by atoms with E-state index in [0.29, 0.717) is 0 Å². The van der Waals surface area contributed by atoms with Crippen LogP contribution in [-0.2, 0) is 17.1 Å². The molecule has 0 fully saturated rings. The van der Waals surface area contributed by atoms with Crippen LogP contribution in [0.25, 0.3) is 0 Å². The molecule has 2 aromatic heterocycles. The van der Waals surface area contributed by atoms with Gasteiger partial charge in [0.25, 0.3) is 10.0 Å². The summed E-state index contributed by atoms with van der Waals surface area (Å²) in [6.45, 7) is 3.53. The monoisotopic (exact) mass is 297 g/mol. The summed E-state index contributed by atoms with van der Waals surface area (Å²) in [6, 6.07) is 4.69. The van der Waals surface area contributed by atoms with E-state index in [4.69, 9.17) is 5.11 Å².